The topological polar surface area (TPSA) is 32.8 Å². The van der Waals surface area contributed by atoms with Crippen molar-refractivity contribution in [2.75, 3.05) is 31.6 Å². The summed E-state index contributed by atoms with van der Waals surface area (Å²) in [5, 5.41) is 0. The third kappa shape index (κ3) is 3.31. The van der Waals surface area contributed by atoms with Crippen molar-refractivity contribution in [1.29, 1.82) is 0 Å². The first kappa shape index (κ1) is 14.9. The second kappa shape index (κ2) is 5.83. The van der Waals surface area contributed by atoms with Crippen LogP contribution in [0.15, 0.2) is 24.3 Å². The quantitative estimate of drug-likeness (QED) is 0.832. The van der Waals surface area contributed by atoms with Gasteiger partial charge in [0.15, 0.2) is 0 Å². The van der Waals surface area contributed by atoms with Crippen LogP contribution in [0.25, 0.3) is 0 Å². The average molecular weight is 276 g/mol. The van der Waals surface area contributed by atoms with Crippen molar-refractivity contribution in [2.24, 2.45) is 0 Å². The Morgan fingerprint density at radius 2 is 1.75 bits per heavy atom. The van der Waals surface area contributed by atoms with Crippen LogP contribution < -0.4 is 9.64 Å². The summed E-state index contributed by atoms with van der Waals surface area (Å²) >= 11 is 0. The van der Waals surface area contributed by atoms with Gasteiger partial charge in [-0.1, -0.05) is 0 Å². The van der Waals surface area contributed by atoms with Crippen LogP contribution in [0.4, 0.5) is 5.69 Å². The summed E-state index contributed by atoms with van der Waals surface area (Å²) in [6.45, 7) is 8.69. The number of carbonyl (C=O) groups is 1. The molecule has 0 spiro atoms. The Balaban J connectivity index is 2.14. The molecule has 20 heavy (non-hydrogen) atoms. The van der Waals surface area contributed by atoms with Crippen LogP contribution in [-0.4, -0.2) is 43.1 Å². The number of methoxy groups -OCH3 is 1. The van der Waals surface area contributed by atoms with Crippen molar-refractivity contribution in [3.63, 3.8) is 0 Å². The molecule has 1 aromatic rings. The molecule has 0 radical (unpaired) electrons. The molecule has 0 saturated carbocycles. The van der Waals surface area contributed by atoms with Crippen molar-refractivity contribution in [3.05, 3.63) is 24.3 Å². The number of anilines is 1. The molecule has 1 amide bonds. The lowest BCUT2D eigenvalue weighted by atomic mass is 10.1. The second-order valence-corrected chi connectivity index (χ2v) is 6.19. The molecule has 0 N–H and O–H groups in total. The molecule has 2 rings (SSSR count). The van der Waals surface area contributed by atoms with Crippen LogP contribution in [-0.2, 0) is 4.79 Å². The Hall–Kier alpha value is -1.55. The molecule has 1 heterocycles. The average Bonchev–Trinajstić information content (AvgIpc) is 2.60. The molecule has 4 heteroatoms. The molecule has 4 nitrogen and oxygen atoms in total. The Bertz CT molecular complexity index is 462. The van der Waals surface area contributed by atoms with Gasteiger partial charge in [0, 0.05) is 24.3 Å². The highest BCUT2D eigenvalue weighted by molar-refractivity contribution is 5.95. The first-order chi connectivity index (χ1) is 9.41. The maximum atomic E-state index is 12.5. The van der Waals surface area contributed by atoms with E-state index < -0.39 is 0 Å². The Morgan fingerprint density at radius 1 is 1.10 bits per heavy atom. The van der Waals surface area contributed by atoms with Gasteiger partial charge in [-0.15, -0.1) is 0 Å². The summed E-state index contributed by atoms with van der Waals surface area (Å²) in [4.78, 5) is 16.6. The summed E-state index contributed by atoms with van der Waals surface area (Å²) in [5.74, 6) is 0.981. The Kier molecular flexibility index (Phi) is 4.33. The standard InChI is InChI=1S/C16H24N2O2/c1-16(2,3)17-10-5-11-18(15(19)12-17)13-6-8-14(20-4)9-7-13/h6-9H,5,10-12H2,1-4H3. The lowest BCUT2D eigenvalue weighted by Gasteiger charge is -2.33. The van der Waals surface area contributed by atoms with E-state index in [0.29, 0.717) is 6.54 Å². The highest BCUT2D eigenvalue weighted by Gasteiger charge is 2.29. The maximum Gasteiger partial charge on any atom is 0.241 e. The summed E-state index contributed by atoms with van der Waals surface area (Å²) in [7, 11) is 1.65. The van der Waals surface area contributed by atoms with Gasteiger partial charge in [-0.05, 0) is 51.5 Å². The first-order valence-electron chi connectivity index (χ1n) is 7.11. The van der Waals surface area contributed by atoms with Crippen LogP contribution in [0.3, 0.4) is 0 Å². The van der Waals surface area contributed by atoms with E-state index in [1.165, 1.54) is 0 Å². The molecular formula is C16H24N2O2. The molecular weight excluding hydrogens is 252 g/mol. The van der Waals surface area contributed by atoms with Gasteiger partial charge in [0.2, 0.25) is 5.91 Å². The fourth-order valence-electron chi connectivity index (χ4n) is 2.48. The van der Waals surface area contributed by atoms with E-state index in [1.807, 2.05) is 29.2 Å². The van der Waals surface area contributed by atoms with Crippen LogP contribution in [0, 0.1) is 0 Å². The second-order valence-electron chi connectivity index (χ2n) is 6.19. The number of hydrogen-bond acceptors (Lipinski definition) is 3. The van der Waals surface area contributed by atoms with E-state index in [4.69, 9.17) is 4.74 Å². The van der Waals surface area contributed by atoms with Gasteiger partial charge in [0.1, 0.15) is 5.75 Å². The molecule has 1 aliphatic rings. The van der Waals surface area contributed by atoms with E-state index in [9.17, 15) is 4.79 Å². The molecule has 0 bridgehead atoms. The zero-order chi connectivity index (χ0) is 14.8. The van der Waals surface area contributed by atoms with Crippen molar-refractivity contribution in [3.8, 4) is 5.75 Å². The van der Waals surface area contributed by atoms with Crippen molar-refractivity contribution in [1.82, 2.24) is 4.90 Å². The number of nitrogens with zero attached hydrogens (tertiary/aromatic N) is 2. The van der Waals surface area contributed by atoms with Crippen LogP contribution in [0.1, 0.15) is 27.2 Å². The molecule has 0 aliphatic carbocycles. The monoisotopic (exact) mass is 276 g/mol. The highest BCUT2D eigenvalue weighted by Crippen LogP contribution is 2.23. The van der Waals surface area contributed by atoms with E-state index in [-0.39, 0.29) is 11.4 Å². The van der Waals surface area contributed by atoms with Crippen molar-refractivity contribution < 1.29 is 9.53 Å². The van der Waals surface area contributed by atoms with Crippen LogP contribution >= 0.6 is 0 Å². The van der Waals surface area contributed by atoms with Crippen molar-refractivity contribution >= 4 is 11.6 Å². The maximum absolute atomic E-state index is 12.5. The predicted molar refractivity (Wildman–Crippen MR) is 81.3 cm³/mol. The Morgan fingerprint density at radius 3 is 2.30 bits per heavy atom. The van der Waals surface area contributed by atoms with E-state index in [2.05, 4.69) is 25.7 Å². The lowest BCUT2D eigenvalue weighted by molar-refractivity contribution is -0.120. The molecule has 110 valence electrons. The Labute approximate surface area is 121 Å². The van der Waals surface area contributed by atoms with Gasteiger partial charge in [-0.2, -0.15) is 0 Å². The number of rotatable bonds is 2. The van der Waals surface area contributed by atoms with Gasteiger partial charge in [-0.3, -0.25) is 9.69 Å². The number of ether oxygens (including phenoxy) is 1. The number of hydrogen-bond donors (Lipinski definition) is 0. The molecule has 1 saturated heterocycles. The predicted octanol–water partition coefficient (Wildman–Crippen LogP) is 2.53. The third-order valence-electron chi connectivity index (χ3n) is 3.77. The molecule has 0 unspecified atom stereocenters. The number of benzene rings is 1. The van der Waals surface area contributed by atoms with E-state index >= 15 is 0 Å². The van der Waals surface area contributed by atoms with Crippen LogP contribution in [0.5, 0.6) is 5.75 Å². The van der Waals surface area contributed by atoms with Gasteiger partial charge >= 0.3 is 0 Å². The van der Waals surface area contributed by atoms with Gasteiger partial charge < -0.3 is 9.64 Å². The highest BCUT2D eigenvalue weighted by atomic mass is 16.5. The number of carbonyl (C=O) groups excluding carboxylic acids is 1. The minimum Gasteiger partial charge on any atom is -0.497 e. The summed E-state index contributed by atoms with van der Waals surface area (Å²) in [6.07, 6.45) is 0.995. The molecule has 0 atom stereocenters. The zero-order valence-electron chi connectivity index (χ0n) is 12.8. The van der Waals surface area contributed by atoms with Gasteiger partial charge in [-0.25, -0.2) is 0 Å². The molecule has 1 aromatic carbocycles. The van der Waals surface area contributed by atoms with E-state index in [1.54, 1.807) is 7.11 Å². The summed E-state index contributed by atoms with van der Waals surface area (Å²) in [5.41, 5.74) is 0.984. The normalized spacial score (nSPS) is 18.0. The fraction of sp³-hybridized carbons (Fsp3) is 0.562. The SMILES string of the molecule is COc1ccc(N2CCCN(C(C)(C)C)CC2=O)cc1. The van der Waals surface area contributed by atoms with Crippen molar-refractivity contribution in [2.45, 2.75) is 32.7 Å². The largest absolute Gasteiger partial charge is 0.497 e. The van der Waals surface area contributed by atoms with Gasteiger partial charge in [0.05, 0.1) is 13.7 Å². The van der Waals surface area contributed by atoms with Crippen LogP contribution in [0.2, 0.25) is 0 Å². The smallest absolute Gasteiger partial charge is 0.241 e. The lowest BCUT2D eigenvalue weighted by Crippen LogP contribution is -2.45. The molecule has 0 aromatic heterocycles. The third-order valence-corrected chi connectivity index (χ3v) is 3.77. The molecule has 1 aliphatic heterocycles. The first-order valence-corrected chi connectivity index (χ1v) is 7.11. The molecule has 1 fully saturated rings. The van der Waals surface area contributed by atoms with E-state index in [0.717, 1.165) is 30.9 Å². The fourth-order valence-corrected chi connectivity index (χ4v) is 2.48. The minimum atomic E-state index is 0.0333. The number of amides is 1. The van der Waals surface area contributed by atoms with Gasteiger partial charge in [0.25, 0.3) is 0 Å². The summed E-state index contributed by atoms with van der Waals surface area (Å²) in [6, 6.07) is 7.69. The summed E-state index contributed by atoms with van der Waals surface area (Å²) < 4.78 is 5.16. The zero-order valence-corrected chi connectivity index (χ0v) is 12.8. The minimum absolute atomic E-state index is 0.0333.